The molecule has 0 saturated carbocycles. The minimum Gasteiger partial charge on any atom is -0.288 e. The topological polar surface area (TPSA) is 25.2 Å². The fourth-order valence-electron chi connectivity index (χ4n) is 0.653. The molecule has 56 valence electrons. The van der Waals surface area contributed by atoms with Crippen LogP contribution in [0.25, 0.3) is 0 Å². The molecule has 0 aliphatic heterocycles. The maximum Gasteiger partial charge on any atom is 0.0672 e. The molecule has 0 N–H and O–H groups in total. The molecule has 0 amide bonds. The van der Waals surface area contributed by atoms with Crippen molar-refractivity contribution in [2.75, 3.05) is 6.54 Å². The predicted molar refractivity (Wildman–Crippen MR) is 50.4 cm³/mol. The Kier molecular flexibility index (Phi) is 3.41. The Morgan fingerprint density at radius 1 is 1.64 bits per heavy atom. The van der Waals surface area contributed by atoms with Crippen molar-refractivity contribution in [3.63, 3.8) is 0 Å². The van der Waals surface area contributed by atoms with E-state index in [1.165, 1.54) is 0 Å². The Balaban J connectivity index is 2.57. The molecule has 0 radical (unpaired) electrons. The normalized spacial score (nSPS) is 10.2. The number of nitrogens with zero attached hydrogens (tertiary/aromatic N) is 2. The molecule has 1 aromatic rings. The molecule has 2 nitrogen and oxygen atoms in total. The van der Waals surface area contributed by atoms with E-state index in [-0.39, 0.29) is 0 Å². The average Bonchev–Trinajstić information content (AvgIpc) is 2.07. The number of aliphatic imine (C=N–C) groups is 1. The molecular formula is C8H8N2S. The average molecular weight is 164 g/mol. The molecule has 0 aliphatic carbocycles. The molecule has 0 aliphatic rings. The second kappa shape index (κ2) is 4.68. The number of pyridine rings is 1. The molecule has 0 spiro atoms. The minimum absolute atomic E-state index is 0.588. The SMILES string of the molecule is S=CCN=Cc1cccnc1. The Hall–Kier alpha value is -1.09. The number of hydrogen-bond acceptors (Lipinski definition) is 3. The van der Waals surface area contributed by atoms with Crippen molar-refractivity contribution in [1.82, 2.24) is 4.98 Å². The molecule has 1 rings (SSSR count). The van der Waals surface area contributed by atoms with Gasteiger partial charge in [0.2, 0.25) is 0 Å². The van der Waals surface area contributed by atoms with Crippen molar-refractivity contribution in [2.24, 2.45) is 4.99 Å². The van der Waals surface area contributed by atoms with Gasteiger partial charge in [0.15, 0.2) is 0 Å². The lowest BCUT2D eigenvalue weighted by molar-refractivity contribution is 1.30. The van der Waals surface area contributed by atoms with Crippen LogP contribution in [0.5, 0.6) is 0 Å². The van der Waals surface area contributed by atoms with Gasteiger partial charge in [0.25, 0.3) is 0 Å². The number of rotatable bonds is 3. The highest BCUT2D eigenvalue weighted by Crippen LogP contribution is 1.89. The zero-order chi connectivity index (χ0) is 7.94. The van der Waals surface area contributed by atoms with Crippen molar-refractivity contribution in [1.29, 1.82) is 0 Å². The smallest absolute Gasteiger partial charge is 0.0672 e. The van der Waals surface area contributed by atoms with Crippen LogP contribution in [-0.4, -0.2) is 23.1 Å². The second-order valence-corrected chi connectivity index (χ2v) is 2.28. The van der Waals surface area contributed by atoms with Crippen molar-refractivity contribution >= 4 is 23.8 Å². The summed E-state index contributed by atoms with van der Waals surface area (Å²) in [6.45, 7) is 0.588. The highest BCUT2D eigenvalue weighted by molar-refractivity contribution is 7.79. The van der Waals surface area contributed by atoms with Crippen LogP contribution in [0.3, 0.4) is 0 Å². The third-order valence-corrected chi connectivity index (χ3v) is 1.25. The van der Waals surface area contributed by atoms with E-state index in [0.29, 0.717) is 6.54 Å². The summed E-state index contributed by atoms with van der Waals surface area (Å²) in [5.41, 5.74) is 1.00. The van der Waals surface area contributed by atoms with Crippen LogP contribution in [0.4, 0.5) is 0 Å². The standard InChI is InChI=1S/C8H8N2S/c11-5-4-10-7-8-2-1-3-9-6-8/h1-3,5-7H,4H2. The van der Waals surface area contributed by atoms with Gasteiger partial charge in [-0.2, -0.15) is 0 Å². The van der Waals surface area contributed by atoms with Crippen molar-refractivity contribution in [3.05, 3.63) is 30.1 Å². The summed E-state index contributed by atoms with van der Waals surface area (Å²) in [5, 5.41) is 1.59. The van der Waals surface area contributed by atoms with E-state index < -0.39 is 0 Å². The van der Waals surface area contributed by atoms with Gasteiger partial charge in [-0.3, -0.25) is 9.98 Å². The Bertz CT molecular complexity index is 244. The number of hydrogen-bond donors (Lipinski definition) is 0. The molecule has 1 aromatic heterocycles. The molecule has 1 heterocycles. The van der Waals surface area contributed by atoms with Crippen LogP contribution < -0.4 is 0 Å². The third-order valence-electron chi connectivity index (χ3n) is 1.10. The first-order chi connectivity index (χ1) is 5.43. The highest BCUT2D eigenvalue weighted by Gasteiger charge is 1.81. The highest BCUT2D eigenvalue weighted by atomic mass is 32.1. The number of aromatic nitrogens is 1. The molecule has 11 heavy (non-hydrogen) atoms. The van der Waals surface area contributed by atoms with Gasteiger partial charge in [-0.15, -0.1) is 0 Å². The Morgan fingerprint density at radius 2 is 2.55 bits per heavy atom. The minimum atomic E-state index is 0.588. The molecule has 0 fully saturated rings. The van der Waals surface area contributed by atoms with Crippen LogP contribution in [-0.2, 0) is 0 Å². The summed E-state index contributed by atoms with van der Waals surface area (Å²) in [7, 11) is 0. The van der Waals surface area contributed by atoms with Crippen LogP contribution in [0.1, 0.15) is 5.56 Å². The first-order valence-corrected chi connectivity index (χ1v) is 3.74. The summed E-state index contributed by atoms with van der Waals surface area (Å²) in [6.07, 6.45) is 5.25. The van der Waals surface area contributed by atoms with Gasteiger partial charge in [-0.1, -0.05) is 18.3 Å². The molecular weight excluding hydrogens is 156 g/mol. The van der Waals surface area contributed by atoms with Gasteiger partial charge in [0.05, 0.1) is 6.54 Å². The number of thiocarbonyl (C=S) groups is 1. The van der Waals surface area contributed by atoms with Gasteiger partial charge in [0.1, 0.15) is 0 Å². The molecule has 0 aromatic carbocycles. The lowest BCUT2D eigenvalue weighted by Gasteiger charge is -1.87. The lowest BCUT2D eigenvalue weighted by atomic mass is 10.3. The summed E-state index contributed by atoms with van der Waals surface area (Å²) in [5.74, 6) is 0. The third kappa shape index (κ3) is 3.00. The van der Waals surface area contributed by atoms with E-state index in [4.69, 9.17) is 0 Å². The summed E-state index contributed by atoms with van der Waals surface area (Å²) < 4.78 is 0. The zero-order valence-electron chi connectivity index (χ0n) is 5.97. The first kappa shape index (κ1) is 8.01. The maximum atomic E-state index is 4.61. The lowest BCUT2D eigenvalue weighted by Crippen LogP contribution is -1.84. The van der Waals surface area contributed by atoms with Crippen molar-refractivity contribution < 1.29 is 0 Å². The van der Waals surface area contributed by atoms with Crippen LogP contribution in [0, 0.1) is 0 Å². The molecule has 0 saturated heterocycles. The second-order valence-electron chi connectivity index (χ2n) is 1.95. The van der Waals surface area contributed by atoms with E-state index in [1.807, 2.05) is 12.1 Å². The van der Waals surface area contributed by atoms with Gasteiger partial charge < -0.3 is 0 Å². The fraction of sp³-hybridized carbons (Fsp3) is 0.125. The van der Waals surface area contributed by atoms with E-state index in [9.17, 15) is 0 Å². The van der Waals surface area contributed by atoms with Crippen LogP contribution >= 0.6 is 12.2 Å². The van der Waals surface area contributed by atoms with E-state index in [1.54, 1.807) is 24.0 Å². The van der Waals surface area contributed by atoms with Gasteiger partial charge in [-0.25, -0.2) is 0 Å². The first-order valence-electron chi connectivity index (χ1n) is 3.27. The van der Waals surface area contributed by atoms with Gasteiger partial charge in [-0.05, 0) is 6.07 Å². The quantitative estimate of drug-likeness (QED) is 0.499. The largest absolute Gasteiger partial charge is 0.288 e. The molecule has 0 bridgehead atoms. The van der Waals surface area contributed by atoms with Crippen LogP contribution in [0.15, 0.2) is 29.5 Å². The Labute approximate surface area is 71.0 Å². The van der Waals surface area contributed by atoms with Gasteiger partial charge in [0, 0.05) is 29.5 Å². The van der Waals surface area contributed by atoms with E-state index >= 15 is 0 Å². The molecule has 0 atom stereocenters. The van der Waals surface area contributed by atoms with Crippen molar-refractivity contribution in [3.8, 4) is 0 Å². The fourth-order valence-corrected chi connectivity index (χ4v) is 0.740. The van der Waals surface area contributed by atoms with Crippen LogP contribution in [0.2, 0.25) is 0 Å². The molecule has 0 unspecified atom stereocenters. The van der Waals surface area contributed by atoms with Crippen molar-refractivity contribution in [2.45, 2.75) is 0 Å². The monoisotopic (exact) mass is 164 g/mol. The van der Waals surface area contributed by atoms with E-state index in [0.717, 1.165) is 5.56 Å². The Morgan fingerprint density at radius 3 is 3.18 bits per heavy atom. The van der Waals surface area contributed by atoms with E-state index in [2.05, 4.69) is 22.2 Å². The predicted octanol–water partition coefficient (Wildman–Crippen LogP) is 1.50. The van der Waals surface area contributed by atoms with Gasteiger partial charge >= 0.3 is 0 Å². The zero-order valence-corrected chi connectivity index (χ0v) is 6.79. The summed E-state index contributed by atoms with van der Waals surface area (Å²) >= 11 is 4.61. The summed E-state index contributed by atoms with van der Waals surface area (Å²) in [4.78, 5) is 7.97. The summed E-state index contributed by atoms with van der Waals surface area (Å²) in [6, 6.07) is 3.82. The maximum absolute atomic E-state index is 4.61. The molecule has 3 heteroatoms.